The Hall–Kier alpha value is -1.98. The summed E-state index contributed by atoms with van der Waals surface area (Å²) in [6.45, 7) is -1.22. The standard InChI is InChI=1S/C14H14BF3NO/c1-10-4-3-7-19-13(10)9-20-14-6-5-12(8-11(14)2)15(16,17)18/h3-8H,9H2,1-2H3/q-1. The third-order valence-electron chi connectivity index (χ3n) is 3.06. The summed E-state index contributed by atoms with van der Waals surface area (Å²) in [5, 5.41) is 0. The second kappa shape index (κ2) is 5.57. The Balaban J connectivity index is 2.13. The summed E-state index contributed by atoms with van der Waals surface area (Å²) in [6.07, 6.45) is 1.66. The van der Waals surface area contributed by atoms with Crippen molar-refractivity contribution in [1.29, 1.82) is 0 Å². The van der Waals surface area contributed by atoms with Crippen LogP contribution in [0.4, 0.5) is 12.9 Å². The van der Waals surface area contributed by atoms with E-state index in [1.165, 1.54) is 6.07 Å². The molecule has 0 radical (unpaired) electrons. The lowest BCUT2D eigenvalue weighted by Gasteiger charge is -2.17. The molecule has 0 N–H and O–H groups in total. The third-order valence-corrected chi connectivity index (χ3v) is 3.06. The molecule has 0 aliphatic rings. The van der Waals surface area contributed by atoms with Gasteiger partial charge in [-0.2, -0.15) is 0 Å². The Labute approximate surface area is 115 Å². The van der Waals surface area contributed by atoms with Gasteiger partial charge >= 0.3 is 6.98 Å². The first-order valence-electron chi connectivity index (χ1n) is 6.21. The molecular formula is C14H14BF3NO-. The van der Waals surface area contributed by atoms with Gasteiger partial charge in [-0.15, -0.1) is 5.46 Å². The van der Waals surface area contributed by atoms with E-state index in [1.807, 2.05) is 19.1 Å². The highest BCUT2D eigenvalue weighted by Crippen LogP contribution is 2.20. The van der Waals surface area contributed by atoms with Crippen LogP contribution in [-0.2, 0) is 6.61 Å². The number of pyridine rings is 1. The van der Waals surface area contributed by atoms with E-state index in [2.05, 4.69) is 4.98 Å². The Morgan fingerprint density at radius 2 is 1.85 bits per heavy atom. The third kappa shape index (κ3) is 3.32. The van der Waals surface area contributed by atoms with Crippen molar-refractivity contribution < 1.29 is 17.7 Å². The summed E-state index contributed by atoms with van der Waals surface area (Å²) in [5.41, 5.74) is 1.62. The zero-order valence-electron chi connectivity index (χ0n) is 11.2. The van der Waals surface area contributed by atoms with Crippen LogP contribution in [0.2, 0.25) is 0 Å². The maximum Gasteiger partial charge on any atom is 0.509 e. The topological polar surface area (TPSA) is 22.1 Å². The highest BCUT2D eigenvalue weighted by atomic mass is 19.4. The summed E-state index contributed by atoms with van der Waals surface area (Å²) in [4.78, 5) is 4.18. The van der Waals surface area contributed by atoms with Crippen LogP contribution in [-0.4, -0.2) is 12.0 Å². The Bertz CT molecular complexity index is 614. The van der Waals surface area contributed by atoms with Gasteiger partial charge in [0.2, 0.25) is 0 Å². The minimum atomic E-state index is -4.97. The quantitative estimate of drug-likeness (QED) is 0.801. The number of ether oxygens (including phenoxy) is 1. The fourth-order valence-corrected chi connectivity index (χ4v) is 1.85. The van der Waals surface area contributed by atoms with E-state index < -0.39 is 12.4 Å². The van der Waals surface area contributed by atoms with Crippen molar-refractivity contribution in [3.8, 4) is 5.75 Å². The molecule has 1 aromatic heterocycles. The van der Waals surface area contributed by atoms with Crippen LogP contribution in [0, 0.1) is 13.8 Å². The van der Waals surface area contributed by atoms with Gasteiger partial charge in [0.1, 0.15) is 12.4 Å². The van der Waals surface area contributed by atoms with Crippen molar-refractivity contribution in [3.05, 3.63) is 53.3 Å². The van der Waals surface area contributed by atoms with Crippen molar-refractivity contribution in [2.24, 2.45) is 0 Å². The van der Waals surface area contributed by atoms with E-state index in [-0.39, 0.29) is 6.61 Å². The van der Waals surface area contributed by atoms with E-state index in [9.17, 15) is 12.9 Å². The average Bonchev–Trinajstić information content (AvgIpc) is 2.38. The predicted molar refractivity (Wildman–Crippen MR) is 73.2 cm³/mol. The minimum absolute atomic E-state index is 0.240. The molecule has 2 aromatic rings. The number of hydrogen-bond acceptors (Lipinski definition) is 2. The van der Waals surface area contributed by atoms with Gasteiger partial charge in [0.15, 0.2) is 0 Å². The second-order valence-electron chi connectivity index (χ2n) is 4.66. The normalized spacial score (nSPS) is 11.4. The number of rotatable bonds is 4. The van der Waals surface area contributed by atoms with Gasteiger partial charge in [-0.1, -0.05) is 18.2 Å². The number of halogens is 3. The molecular weight excluding hydrogens is 266 g/mol. The predicted octanol–water partition coefficient (Wildman–Crippen LogP) is 3.33. The second-order valence-corrected chi connectivity index (χ2v) is 4.66. The monoisotopic (exact) mass is 280 g/mol. The van der Waals surface area contributed by atoms with Crippen LogP contribution in [0.15, 0.2) is 36.5 Å². The van der Waals surface area contributed by atoms with Crippen LogP contribution < -0.4 is 10.2 Å². The molecule has 0 saturated carbocycles. The molecule has 0 saturated heterocycles. The first-order valence-corrected chi connectivity index (χ1v) is 6.21. The minimum Gasteiger partial charge on any atom is -0.487 e. The Kier molecular flexibility index (Phi) is 4.02. The van der Waals surface area contributed by atoms with E-state index in [0.29, 0.717) is 11.3 Å². The lowest BCUT2D eigenvalue weighted by atomic mass is 9.79. The molecule has 0 aliphatic heterocycles. The maximum absolute atomic E-state index is 12.6. The van der Waals surface area contributed by atoms with Gasteiger partial charge in [0.25, 0.3) is 0 Å². The molecule has 20 heavy (non-hydrogen) atoms. The number of aryl methyl sites for hydroxylation is 2. The SMILES string of the molecule is Cc1cc([B-](F)(F)F)ccc1OCc1ncccc1C. The molecule has 6 heteroatoms. The van der Waals surface area contributed by atoms with E-state index in [0.717, 1.165) is 23.4 Å². The first kappa shape index (κ1) is 14.4. The lowest BCUT2D eigenvalue weighted by molar-refractivity contribution is 0.298. The molecule has 106 valence electrons. The summed E-state index contributed by atoms with van der Waals surface area (Å²) in [7, 11) is 0. The Morgan fingerprint density at radius 1 is 1.10 bits per heavy atom. The van der Waals surface area contributed by atoms with Gasteiger partial charge in [-0.05, 0) is 37.1 Å². The van der Waals surface area contributed by atoms with Crippen molar-refractivity contribution in [1.82, 2.24) is 4.98 Å². The van der Waals surface area contributed by atoms with Gasteiger partial charge in [-0.25, -0.2) is 0 Å². The molecule has 0 unspecified atom stereocenters. The zero-order valence-corrected chi connectivity index (χ0v) is 11.2. The largest absolute Gasteiger partial charge is 0.509 e. The molecule has 0 bridgehead atoms. The fraction of sp³-hybridized carbons (Fsp3) is 0.214. The molecule has 0 amide bonds. The van der Waals surface area contributed by atoms with E-state index in [1.54, 1.807) is 13.1 Å². The average molecular weight is 280 g/mol. The smallest absolute Gasteiger partial charge is 0.487 e. The van der Waals surface area contributed by atoms with Gasteiger partial charge in [-0.3, -0.25) is 4.98 Å². The molecule has 1 heterocycles. The van der Waals surface area contributed by atoms with Crippen molar-refractivity contribution >= 4 is 12.4 Å². The fourth-order valence-electron chi connectivity index (χ4n) is 1.85. The first-order chi connectivity index (χ1) is 9.38. The van der Waals surface area contributed by atoms with Crippen LogP contribution in [0.25, 0.3) is 0 Å². The van der Waals surface area contributed by atoms with Gasteiger partial charge < -0.3 is 17.7 Å². The van der Waals surface area contributed by atoms with Gasteiger partial charge in [0, 0.05) is 6.20 Å². The molecule has 0 fully saturated rings. The summed E-state index contributed by atoms with van der Waals surface area (Å²) in [6, 6.07) is 7.25. The number of nitrogens with zero attached hydrogens (tertiary/aromatic N) is 1. The van der Waals surface area contributed by atoms with Crippen LogP contribution in [0.1, 0.15) is 16.8 Å². The van der Waals surface area contributed by atoms with Crippen LogP contribution in [0.5, 0.6) is 5.75 Å². The zero-order chi connectivity index (χ0) is 14.8. The van der Waals surface area contributed by atoms with Crippen molar-refractivity contribution in [3.63, 3.8) is 0 Å². The summed E-state index contributed by atoms with van der Waals surface area (Å²) >= 11 is 0. The number of benzene rings is 1. The molecule has 0 atom stereocenters. The maximum atomic E-state index is 12.6. The number of aromatic nitrogens is 1. The molecule has 2 nitrogen and oxygen atoms in total. The molecule has 2 rings (SSSR count). The Morgan fingerprint density at radius 3 is 2.45 bits per heavy atom. The number of hydrogen-bond donors (Lipinski definition) is 0. The lowest BCUT2D eigenvalue weighted by Crippen LogP contribution is -2.34. The van der Waals surface area contributed by atoms with E-state index in [4.69, 9.17) is 4.74 Å². The summed E-state index contributed by atoms with van der Waals surface area (Å²) in [5.74, 6) is 0.443. The summed E-state index contributed by atoms with van der Waals surface area (Å²) < 4.78 is 43.4. The molecule has 0 aliphatic carbocycles. The van der Waals surface area contributed by atoms with Crippen LogP contribution >= 0.6 is 0 Å². The van der Waals surface area contributed by atoms with Crippen molar-refractivity contribution in [2.45, 2.75) is 20.5 Å². The molecule has 0 spiro atoms. The van der Waals surface area contributed by atoms with Crippen molar-refractivity contribution in [2.75, 3.05) is 0 Å². The van der Waals surface area contributed by atoms with Gasteiger partial charge in [0.05, 0.1) is 5.69 Å². The molecule has 1 aromatic carbocycles. The van der Waals surface area contributed by atoms with Crippen LogP contribution in [0.3, 0.4) is 0 Å². The highest BCUT2D eigenvalue weighted by Gasteiger charge is 2.25. The van der Waals surface area contributed by atoms with E-state index >= 15 is 0 Å². The highest BCUT2D eigenvalue weighted by molar-refractivity contribution is 6.73.